The molecule has 0 spiro atoms. The summed E-state index contributed by atoms with van der Waals surface area (Å²) in [7, 11) is -9.57. The zero-order chi connectivity index (χ0) is 42.2. The summed E-state index contributed by atoms with van der Waals surface area (Å²) in [5.74, 6) is 0. The van der Waals surface area contributed by atoms with Gasteiger partial charge in [-0.25, -0.2) is 16.8 Å². The molecule has 324 valence electrons. The molecule has 56 heavy (non-hydrogen) atoms. The van der Waals surface area contributed by atoms with Gasteiger partial charge in [0.15, 0.2) is 0 Å². The van der Waals surface area contributed by atoms with Crippen LogP contribution in [0.4, 0.5) is 11.4 Å². The summed E-state index contributed by atoms with van der Waals surface area (Å²) >= 11 is 0. The van der Waals surface area contributed by atoms with Crippen molar-refractivity contribution in [1.82, 2.24) is 0 Å². The maximum absolute atomic E-state index is 11.3. The molecule has 0 radical (unpaired) electrons. The average Bonchev–Trinajstić information content (AvgIpc) is 3.14. The lowest BCUT2D eigenvalue weighted by Gasteiger charge is -2.19. The molecular weight excluding hydrogens is 745 g/mol. The van der Waals surface area contributed by atoms with Crippen LogP contribution in [0.2, 0.25) is 0 Å². The Hall–Kier alpha value is -2.48. The lowest BCUT2D eigenvalue weighted by molar-refractivity contribution is -0.901. The summed E-state index contributed by atoms with van der Waals surface area (Å²) in [5.41, 5.74) is 11.1. The van der Waals surface area contributed by atoms with Crippen molar-refractivity contribution in [3.8, 4) is 0 Å². The molecule has 0 saturated heterocycles. The molecule has 2 aromatic rings. The summed E-state index contributed by atoms with van der Waals surface area (Å²) < 4.78 is 67.7. The Labute approximate surface area is 343 Å². The first-order valence-electron chi connectivity index (χ1n) is 21.7. The molecule has 0 amide bonds. The molecule has 10 nitrogen and oxygen atoms in total. The van der Waals surface area contributed by atoms with Gasteiger partial charge >= 0.3 is 0 Å². The van der Waals surface area contributed by atoms with E-state index in [1.54, 1.807) is 0 Å². The van der Waals surface area contributed by atoms with Crippen LogP contribution in [0.15, 0.2) is 46.2 Å². The topological polar surface area (TPSA) is 175 Å². The number of rotatable bonds is 28. The van der Waals surface area contributed by atoms with E-state index < -0.39 is 30.0 Å². The van der Waals surface area contributed by atoms with E-state index in [-0.39, 0.29) is 22.5 Å². The van der Waals surface area contributed by atoms with E-state index in [1.165, 1.54) is 191 Å². The largest absolute Gasteiger partial charge is 0.744 e. The maximum Gasteiger partial charge on any atom is 0.125 e. The fourth-order valence-electron chi connectivity index (χ4n) is 6.49. The third-order valence-electron chi connectivity index (χ3n) is 9.86. The number of nitrogens with two attached hydrogens (primary N) is 2. The van der Waals surface area contributed by atoms with E-state index >= 15 is 0 Å². The van der Waals surface area contributed by atoms with Crippen molar-refractivity contribution in [3.63, 3.8) is 0 Å². The van der Waals surface area contributed by atoms with Gasteiger partial charge in [-0.2, -0.15) is 0 Å². The number of quaternary nitrogens is 2. The maximum atomic E-state index is 11.3. The minimum absolute atomic E-state index is 0.00488. The third kappa shape index (κ3) is 26.4. The van der Waals surface area contributed by atoms with E-state index in [0.717, 1.165) is 12.1 Å². The monoisotopic (exact) mass is 825 g/mol. The molecule has 2 rings (SSSR count). The van der Waals surface area contributed by atoms with Gasteiger partial charge in [-0.15, -0.1) is 0 Å². The molecule has 0 fully saturated rings. The smallest absolute Gasteiger partial charge is 0.125 e. The van der Waals surface area contributed by atoms with Crippen molar-refractivity contribution in [3.05, 3.63) is 47.5 Å². The molecule has 0 bridgehead atoms. The first-order chi connectivity index (χ1) is 26.7. The van der Waals surface area contributed by atoms with E-state index in [1.807, 2.05) is 9.80 Å². The SMILES string of the molecule is CCCCC[NH+](CCCCC)CCCCC.CCCCC[NH+](CCCCC)CCCCC.Nc1ccc(C=Cc2ccc(N)cc2S(=O)(=O)[O-])c(S(=O)(=O)[O-])c1. The fourth-order valence-corrected chi connectivity index (χ4v) is 7.90. The van der Waals surface area contributed by atoms with Crippen molar-refractivity contribution in [2.45, 2.75) is 167 Å². The van der Waals surface area contributed by atoms with Crippen molar-refractivity contribution >= 4 is 43.8 Å². The third-order valence-corrected chi connectivity index (χ3v) is 11.6. The van der Waals surface area contributed by atoms with Gasteiger partial charge in [0, 0.05) is 11.4 Å². The lowest BCUT2D eigenvalue weighted by atomic mass is 10.1. The van der Waals surface area contributed by atoms with Crippen LogP contribution in [-0.2, 0) is 20.2 Å². The molecule has 0 aliphatic carbocycles. The minimum atomic E-state index is -4.79. The first kappa shape index (κ1) is 53.5. The van der Waals surface area contributed by atoms with Gasteiger partial charge in [0.25, 0.3) is 0 Å². The molecule has 0 aromatic heterocycles. The fraction of sp³-hybridized carbons (Fsp3) is 0.682. The van der Waals surface area contributed by atoms with Crippen molar-refractivity contribution in [1.29, 1.82) is 0 Å². The van der Waals surface area contributed by atoms with Crippen LogP contribution >= 0.6 is 0 Å². The Bertz CT molecular complexity index is 1370. The highest BCUT2D eigenvalue weighted by Crippen LogP contribution is 2.24. The number of nitrogens with one attached hydrogen (secondary N) is 2. The second kappa shape index (κ2) is 32.5. The number of anilines is 2. The predicted molar refractivity (Wildman–Crippen MR) is 235 cm³/mol. The zero-order valence-electron chi connectivity index (χ0n) is 36.0. The quantitative estimate of drug-likeness (QED) is 0.0292. The molecular formula is C44H80N4O6S2. The van der Waals surface area contributed by atoms with Crippen LogP contribution in [0, 0.1) is 0 Å². The second-order valence-corrected chi connectivity index (χ2v) is 17.8. The molecule has 0 unspecified atom stereocenters. The first-order valence-corrected chi connectivity index (χ1v) is 24.6. The molecule has 0 atom stereocenters. The molecule has 0 aliphatic heterocycles. The molecule has 6 N–H and O–H groups in total. The number of hydrogen-bond acceptors (Lipinski definition) is 8. The average molecular weight is 825 g/mol. The number of unbranched alkanes of at least 4 members (excludes halogenated alkanes) is 12. The van der Waals surface area contributed by atoms with Gasteiger partial charge in [0.2, 0.25) is 0 Å². The minimum Gasteiger partial charge on any atom is -0.744 e. The lowest BCUT2D eigenvalue weighted by Crippen LogP contribution is -3.12. The summed E-state index contributed by atoms with van der Waals surface area (Å²) in [5, 5.41) is 0. The van der Waals surface area contributed by atoms with Crippen LogP contribution in [0.5, 0.6) is 0 Å². The van der Waals surface area contributed by atoms with E-state index in [2.05, 4.69) is 41.5 Å². The van der Waals surface area contributed by atoms with E-state index in [0.29, 0.717) is 0 Å². The molecule has 0 aliphatic rings. The van der Waals surface area contributed by atoms with Crippen molar-refractivity contribution in [2.24, 2.45) is 0 Å². The Morgan fingerprint density at radius 2 is 0.679 bits per heavy atom. The highest BCUT2D eigenvalue weighted by molar-refractivity contribution is 7.86. The Morgan fingerprint density at radius 3 is 0.875 bits per heavy atom. The molecule has 0 heterocycles. The van der Waals surface area contributed by atoms with Crippen LogP contribution in [-0.4, -0.2) is 65.2 Å². The van der Waals surface area contributed by atoms with E-state index in [9.17, 15) is 25.9 Å². The van der Waals surface area contributed by atoms with Crippen LogP contribution in [0.1, 0.15) is 168 Å². The summed E-state index contributed by atoms with van der Waals surface area (Å²) in [6, 6.07) is 7.33. The summed E-state index contributed by atoms with van der Waals surface area (Å²) in [6.07, 6.45) is 27.7. The highest BCUT2D eigenvalue weighted by atomic mass is 32.2. The van der Waals surface area contributed by atoms with E-state index in [4.69, 9.17) is 11.5 Å². The normalized spacial score (nSPS) is 11.8. The Balaban J connectivity index is 0.000000842. The van der Waals surface area contributed by atoms with Crippen molar-refractivity contribution in [2.75, 3.05) is 50.7 Å². The predicted octanol–water partition coefficient (Wildman–Crippen LogP) is 7.71. The molecule has 12 heteroatoms. The van der Waals surface area contributed by atoms with Gasteiger partial charge in [-0.1, -0.05) is 104 Å². The summed E-state index contributed by atoms with van der Waals surface area (Å²) in [6.45, 7) is 22.3. The van der Waals surface area contributed by atoms with Gasteiger partial charge in [0.05, 0.1) is 49.1 Å². The molecule has 0 saturated carbocycles. The highest BCUT2D eigenvalue weighted by Gasteiger charge is 2.11. The van der Waals surface area contributed by atoms with Gasteiger partial charge in [-0.05, 0) is 112 Å². The number of benzene rings is 2. The zero-order valence-corrected chi connectivity index (χ0v) is 37.6. The number of hydrogen-bond donors (Lipinski definition) is 4. The van der Waals surface area contributed by atoms with Crippen LogP contribution in [0.25, 0.3) is 12.2 Å². The summed E-state index contributed by atoms with van der Waals surface area (Å²) in [4.78, 5) is 2.63. The van der Waals surface area contributed by atoms with Gasteiger partial charge in [0.1, 0.15) is 20.2 Å². The second-order valence-electron chi connectivity index (χ2n) is 15.1. The van der Waals surface area contributed by atoms with Gasteiger partial charge in [-0.3, -0.25) is 0 Å². The Morgan fingerprint density at radius 1 is 0.446 bits per heavy atom. The Kier molecular flexibility index (Phi) is 31.0. The standard InChI is InChI=1S/2C15H33N.C14H14N2O6S2/c2*1-4-7-10-13-16(14-11-8-5-2)15-12-9-6-3;15-11-5-3-9(13(7-11)23(17,18)19)1-2-10-4-6-12(16)8-14(10)24(20,21)22/h2*4-15H2,1-3H3;1-8H,15-16H2,(H,17,18,19)(H,20,21,22). The number of nitrogen functional groups attached to an aromatic ring is 2. The van der Waals surface area contributed by atoms with Gasteiger partial charge < -0.3 is 30.4 Å². The van der Waals surface area contributed by atoms with Crippen LogP contribution in [0.3, 0.4) is 0 Å². The van der Waals surface area contributed by atoms with Crippen LogP contribution < -0.4 is 21.3 Å². The van der Waals surface area contributed by atoms with Crippen molar-refractivity contribution < 1.29 is 35.7 Å². The molecule has 2 aromatic carbocycles.